The van der Waals surface area contributed by atoms with Crippen molar-refractivity contribution in [1.82, 2.24) is 0 Å². The number of hydrogen-bond acceptors (Lipinski definition) is 0. The SMILES string of the molecule is CCCCC1CC12CC2(C)C. The van der Waals surface area contributed by atoms with Gasteiger partial charge in [-0.25, -0.2) is 0 Å². The molecule has 0 aromatic heterocycles. The molecule has 2 aliphatic carbocycles. The van der Waals surface area contributed by atoms with Gasteiger partial charge >= 0.3 is 0 Å². The minimum absolute atomic E-state index is 0.728. The van der Waals surface area contributed by atoms with E-state index in [1.807, 2.05) is 0 Å². The maximum Gasteiger partial charge on any atom is -0.0209 e. The topological polar surface area (TPSA) is 0 Å². The van der Waals surface area contributed by atoms with Crippen LogP contribution in [0.25, 0.3) is 0 Å². The summed E-state index contributed by atoms with van der Waals surface area (Å²) in [5.41, 5.74) is 1.59. The molecule has 0 N–H and O–H groups in total. The van der Waals surface area contributed by atoms with E-state index in [9.17, 15) is 0 Å². The zero-order valence-corrected chi connectivity index (χ0v) is 8.11. The highest BCUT2D eigenvalue weighted by Crippen LogP contribution is 2.82. The van der Waals surface area contributed by atoms with Crippen LogP contribution < -0.4 is 0 Å². The fourth-order valence-corrected chi connectivity index (χ4v) is 3.00. The van der Waals surface area contributed by atoms with Gasteiger partial charge < -0.3 is 0 Å². The van der Waals surface area contributed by atoms with Crippen LogP contribution in [0.2, 0.25) is 0 Å². The van der Waals surface area contributed by atoms with Crippen molar-refractivity contribution in [2.45, 2.75) is 52.9 Å². The van der Waals surface area contributed by atoms with E-state index in [0.717, 1.165) is 16.7 Å². The van der Waals surface area contributed by atoms with Crippen LogP contribution in [-0.4, -0.2) is 0 Å². The standard InChI is InChI=1S/C11H20/c1-4-5-6-9-7-11(9)8-10(11,2)3/h9H,4-8H2,1-3H3. The molecular weight excluding hydrogens is 132 g/mol. The molecule has 11 heavy (non-hydrogen) atoms. The maximum atomic E-state index is 2.44. The summed E-state index contributed by atoms with van der Waals surface area (Å²) in [6.45, 7) is 7.19. The fourth-order valence-electron chi connectivity index (χ4n) is 3.00. The van der Waals surface area contributed by atoms with Crippen molar-refractivity contribution in [1.29, 1.82) is 0 Å². The summed E-state index contributed by atoms with van der Waals surface area (Å²) in [6.07, 6.45) is 7.43. The molecule has 2 aliphatic rings. The molecule has 1 spiro atoms. The molecule has 2 saturated carbocycles. The Labute approximate surface area is 70.4 Å². The highest BCUT2D eigenvalue weighted by atomic mass is 14.8. The molecule has 0 amide bonds. The highest BCUT2D eigenvalue weighted by Gasteiger charge is 2.74. The smallest absolute Gasteiger partial charge is 0.0209 e. The second-order valence-electron chi connectivity index (χ2n) is 5.26. The van der Waals surface area contributed by atoms with Crippen molar-refractivity contribution in [3.05, 3.63) is 0 Å². The van der Waals surface area contributed by atoms with Gasteiger partial charge in [-0.05, 0) is 36.0 Å². The molecule has 0 radical (unpaired) electrons. The first-order valence-corrected chi connectivity index (χ1v) is 5.12. The molecule has 0 heteroatoms. The zero-order chi connectivity index (χ0) is 8.11. The Morgan fingerprint density at radius 1 is 1.36 bits per heavy atom. The minimum Gasteiger partial charge on any atom is -0.0654 e. The lowest BCUT2D eigenvalue weighted by Gasteiger charge is -2.00. The Kier molecular flexibility index (Phi) is 1.41. The van der Waals surface area contributed by atoms with Crippen LogP contribution in [0.15, 0.2) is 0 Å². The van der Waals surface area contributed by atoms with E-state index in [2.05, 4.69) is 20.8 Å². The van der Waals surface area contributed by atoms with Gasteiger partial charge in [-0.3, -0.25) is 0 Å². The van der Waals surface area contributed by atoms with Crippen LogP contribution in [0, 0.1) is 16.7 Å². The maximum absolute atomic E-state index is 2.44. The molecule has 0 bridgehead atoms. The number of hydrogen-bond donors (Lipinski definition) is 0. The van der Waals surface area contributed by atoms with E-state index in [1.165, 1.54) is 25.7 Å². The Morgan fingerprint density at radius 3 is 2.36 bits per heavy atom. The van der Waals surface area contributed by atoms with Crippen LogP contribution in [0.1, 0.15) is 52.9 Å². The van der Waals surface area contributed by atoms with Gasteiger partial charge in [-0.15, -0.1) is 0 Å². The van der Waals surface area contributed by atoms with E-state index in [-0.39, 0.29) is 0 Å². The van der Waals surface area contributed by atoms with Gasteiger partial charge in [-0.1, -0.05) is 33.6 Å². The van der Waals surface area contributed by atoms with E-state index in [0.29, 0.717) is 0 Å². The lowest BCUT2D eigenvalue weighted by Crippen LogP contribution is -1.92. The average Bonchev–Trinajstić information content (AvgIpc) is 2.71. The fraction of sp³-hybridized carbons (Fsp3) is 1.00. The van der Waals surface area contributed by atoms with E-state index in [1.54, 1.807) is 6.42 Å². The summed E-state index contributed by atoms with van der Waals surface area (Å²) in [5, 5.41) is 0. The predicted octanol–water partition coefficient (Wildman–Crippen LogP) is 3.61. The van der Waals surface area contributed by atoms with Gasteiger partial charge in [0, 0.05) is 0 Å². The van der Waals surface area contributed by atoms with E-state index >= 15 is 0 Å². The molecule has 2 fully saturated rings. The third kappa shape index (κ3) is 0.947. The monoisotopic (exact) mass is 152 g/mol. The van der Waals surface area contributed by atoms with Gasteiger partial charge in [0.1, 0.15) is 0 Å². The van der Waals surface area contributed by atoms with Crippen molar-refractivity contribution < 1.29 is 0 Å². The molecule has 64 valence electrons. The average molecular weight is 152 g/mol. The summed E-state index contributed by atoms with van der Waals surface area (Å²) in [7, 11) is 0. The molecule has 0 saturated heterocycles. The summed E-state index contributed by atoms with van der Waals surface area (Å²) < 4.78 is 0. The van der Waals surface area contributed by atoms with Crippen molar-refractivity contribution in [2.24, 2.45) is 16.7 Å². The summed E-state index contributed by atoms with van der Waals surface area (Å²) in [5.74, 6) is 1.12. The Bertz CT molecular complexity index is 169. The van der Waals surface area contributed by atoms with Crippen LogP contribution in [0.5, 0.6) is 0 Å². The lowest BCUT2D eigenvalue weighted by molar-refractivity contribution is 0.493. The van der Waals surface area contributed by atoms with Gasteiger partial charge in [0.2, 0.25) is 0 Å². The second kappa shape index (κ2) is 2.02. The molecule has 2 atom stereocenters. The van der Waals surface area contributed by atoms with Crippen molar-refractivity contribution in [3.63, 3.8) is 0 Å². The van der Waals surface area contributed by atoms with Crippen molar-refractivity contribution in [2.75, 3.05) is 0 Å². The zero-order valence-electron chi connectivity index (χ0n) is 8.11. The van der Waals surface area contributed by atoms with Gasteiger partial charge in [-0.2, -0.15) is 0 Å². The summed E-state index contributed by atoms with van der Waals surface area (Å²) in [6, 6.07) is 0. The first-order valence-electron chi connectivity index (χ1n) is 5.12. The molecule has 0 aromatic rings. The summed E-state index contributed by atoms with van der Waals surface area (Å²) >= 11 is 0. The third-order valence-corrected chi connectivity index (χ3v) is 4.12. The number of unbranched alkanes of at least 4 members (excludes halogenated alkanes) is 1. The van der Waals surface area contributed by atoms with Gasteiger partial charge in [0.25, 0.3) is 0 Å². The van der Waals surface area contributed by atoms with Crippen molar-refractivity contribution >= 4 is 0 Å². The summed E-state index contributed by atoms with van der Waals surface area (Å²) in [4.78, 5) is 0. The van der Waals surface area contributed by atoms with Crippen LogP contribution in [-0.2, 0) is 0 Å². The van der Waals surface area contributed by atoms with Gasteiger partial charge in [0.05, 0.1) is 0 Å². The number of rotatable bonds is 3. The first kappa shape index (κ1) is 7.64. The molecule has 0 aromatic carbocycles. The first-order chi connectivity index (χ1) is 5.12. The van der Waals surface area contributed by atoms with E-state index in [4.69, 9.17) is 0 Å². The predicted molar refractivity (Wildman–Crippen MR) is 48.5 cm³/mol. The van der Waals surface area contributed by atoms with Crippen LogP contribution in [0.3, 0.4) is 0 Å². The minimum atomic E-state index is 0.728. The quantitative estimate of drug-likeness (QED) is 0.579. The Hall–Kier alpha value is 0. The molecular formula is C11H20. The molecule has 0 heterocycles. The largest absolute Gasteiger partial charge is 0.0654 e. The Morgan fingerprint density at radius 2 is 2.00 bits per heavy atom. The van der Waals surface area contributed by atoms with Crippen LogP contribution in [0.4, 0.5) is 0 Å². The molecule has 0 nitrogen and oxygen atoms in total. The third-order valence-electron chi connectivity index (χ3n) is 4.12. The lowest BCUT2D eigenvalue weighted by atomic mass is 10.0. The molecule has 2 unspecified atom stereocenters. The van der Waals surface area contributed by atoms with Crippen LogP contribution >= 0.6 is 0 Å². The van der Waals surface area contributed by atoms with Gasteiger partial charge in [0.15, 0.2) is 0 Å². The van der Waals surface area contributed by atoms with E-state index < -0.39 is 0 Å². The Balaban J connectivity index is 1.79. The molecule has 0 aliphatic heterocycles. The highest BCUT2D eigenvalue weighted by molar-refractivity contribution is 5.23. The second-order valence-corrected chi connectivity index (χ2v) is 5.26. The van der Waals surface area contributed by atoms with Crippen molar-refractivity contribution in [3.8, 4) is 0 Å². The molecule has 2 rings (SSSR count). The normalized spacial score (nSPS) is 44.5.